The van der Waals surface area contributed by atoms with E-state index in [0.717, 1.165) is 12.1 Å². The third-order valence-corrected chi connectivity index (χ3v) is 3.73. The molecule has 0 saturated carbocycles. The van der Waals surface area contributed by atoms with Crippen LogP contribution in [0.3, 0.4) is 0 Å². The van der Waals surface area contributed by atoms with Crippen LogP contribution in [0.1, 0.15) is 10.4 Å². The van der Waals surface area contributed by atoms with Gasteiger partial charge in [0.2, 0.25) is 5.91 Å². The van der Waals surface area contributed by atoms with Crippen molar-refractivity contribution in [2.45, 2.75) is 0 Å². The van der Waals surface area contributed by atoms with Crippen LogP contribution in [0.2, 0.25) is 5.02 Å². The van der Waals surface area contributed by atoms with Gasteiger partial charge in [0.15, 0.2) is 0 Å². The molecule has 26 heavy (non-hydrogen) atoms. The standard InChI is InChI=1S/C18H17ClF2N2O3/c1-23(7-8-26-14-4-2-3-12(19)9-14)17(24)11-22-18(25)15-6-5-13(20)10-16(15)21/h2-6,9-10H,7-8,11H2,1H3,(H,22,25). The topological polar surface area (TPSA) is 58.6 Å². The van der Waals surface area contributed by atoms with Crippen LogP contribution in [-0.2, 0) is 4.79 Å². The van der Waals surface area contributed by atoms with Crippen LogP contribution in [-0.4, -0.2) is 43.5 Å². The largest absolute Gasteiger partial charge is 0.492 e. The van der Waals surface area contributed by atoms with Gasteiger partial charge in [-0.3, -0.25) is 9.59 Å². The molecular formula is C18H17ClF2N2O3. The molecule has 8 heteroatoms. The van der Waals surface area contributed by atoms with Crippen LogP contribution < -0.4 is 10.1 Å². The predicted molar refractivity (Wildman–Crippen MR) is 93.3 cm³/mol. The summed E-state index contributed by atoms with van der Waals surface area (Å²) in [6.45, 7) is 0.207. The first-order valence-electron chi connectivity index (χ1n) is 7.72. The zero-order chi connectivity index (χ0) is 19.1. The minimum absolute atomic E-state index is 0.239. The molecule has 0 aliphatic rings. The molecule has 0 aliphatic heterocycles. The van der Waals surface area contributed by atoms with Crippen LogP contribution in [0.5, 0.6) is 5.75 Å². The Morgan fingerprint density at radius 3 is 2.65 bits per heavy atom. The summed E-state index contributed by atoms with van der Waals surface area (Å²) < 4.78 is 31.8. The average molecular weight is 383 g/mol. The fourth-order valence-electron chi connectivity index (χ4n) is 2.04. The molecule has 2 rings (SSSR count). The number of halogens is 3. The molecule has 0 atom stereocenters. The first-order chi connectivity index (χ1) is 12.4. The summed E-state index contributed by atoms with van der Waals surface area (Å²) in [6.07, 6.45) is 0. The van der Waals surface area contributed by atoms with E-state index in [1.54, 1.807) is 31.3 Å². The van der Waals surface area contributed by atoms with Crippen molar-refractivity contribution in [2.24, 2.45) is 0 Å². The molecule has 0 saturated heterocycles. The van der Waals surface area contributed by atoms with Crippen LogP contribution in [0, 0.1) is 11.6 Å². The van der Waals surface area contributed by atoms with Crippen molar-refractivity contribution in [3.8, 4) is 5.75 Å². The number of hydrogen-bond donors (Lipinski definition) is 1. The van der Waals surface area contributed by atoms with E-state index in [1.165, 1.54) is 4.90 Å². The van der Waals surface area contributed by atoms with Gasteiger partial charge in [-0.2, -0.15) is 0 Å². The third-order valence-electron chi connectivity index (χ3n) is 3.49. The lowest BCUT2D eigenvalue weighted by Gasteiger charge is -2.18. The highest BCUT2D eigenvalue weighted by Crippen LogP contribution is 2.16. The maximum atomic E-state index is 13.5. The van der Waals surface area contributed by atoms with Gasteiger partial charge >= 0.3 is 0 Å². The molecule has 0 aliphatic carbocycles. The zero-order valence-electron chi connectivity index (χ0n) is 14.0. The van der Waals surface area contributed by atoms with Gasteiger partial charge in [-0.25, -0.2) is 8.78 Å². The van der Waals surface area contributed by atoms with Crippen LogP contribution >= 0.6 is 11.6 Å². The lowest BCUT2D eigenvalue weighted by molar-refractivity contribution is -0.129. The molecule has 138 valence electrons. The van der Waals surface area contributed by atoms with E-state index in [9.17, 15) is 18.4 Å². The van der Waals surface area contributed by atoms with Crippen molar-refractivity contribution in [3.05, 3.63) is 64.7 Å². The Bertz CT molecular complexity index is 802. The Morgan fingerprint density at radius 1 is 1.19 bits per heavy atom. The number of ether oxygens (including phenoxy) is 1. The van der Waals surface area contributed by atoms with Crippen molar-refractivity contribution in [3.63, 3.8) is 0 Å². The third kappa shape index (κ3) is 5.70. The second-order valence-corrected chi connectivity index (χ2v) is 5.86. The molecule has 0 aromatic heterocycles. The highest BCUT2D eigenvalue weighted by molar-refractivity contribution is 6.30. The van der Waals surface area contributed by atoms with Gasteiger partial charge in [-0.15, -0.1) is 0 Å². The van der Waals surface area contributed by atoms with Gasteiger partial charge in [0, 0.05) is 18.1 Å². The highest BCUT2D eigenvalue weighted by atomic mass is 35.5. The Labute approximate surface area is 154 Å². The van der Waals surface area contributed by atoms with Gasteiger partial charge in [-0.1, -0.05) is 17.7 Å². The molecule has 0 heterocycles. The Kier molecular flexibility index (Phi) is 6.91. The normalized spacial score (nSPS) is 10.3. The zero-order valence-corrected chi connectivity index (χ0v) is 14.7. The Balaban J connectivity index is 1.77. The van der Waals surface area contributed by atoms with E-state index >= 15 is 0 Å². The fraction of sp³-hybridized carbons (Fsp3) is 0.222. The lowest BCUT2D eigenvalue weighted by atomic mass is 10.2. The van der Waals surface area contributed by atoms with Crippen LogP contribution in [0.15, 0.2) is 42.5 Å². The smallest absolute Gasteiger partial charge is 0.254 e. The van der Waals surface area contributed by atoms with Gasteiger partial charge in [0.05, 0.1) is 18.7 Å². The molecule has 0 spiro atoms. The van der Waals surface area contributed by atoms with E-state index in [1.807, 2.05) is 0 Å². The monoisotopic (exact) mass is 382 g/mol. The van der Waals surface area contributed by atoms with Crippen molar-refractivity contribution < 1.29 is 23.1 Å². The van der Waals surface area contributed by atoms with E-state index in [0.29, 0.717) is 16.8 Å². The van der Waals surface area contributed by atoms with Gasteiger partial charge in [0.25, 0.3) is 5.91 Å². The van der Waals surface area contributed by atoms with Gasteiger partial charge < -0.3 is 15.0 Å². The Hall–Kier alpha value is -2.67. The SMILES string of the molecule is CN(CCOc1cccc(Cl)c1)C(=O)CNC(=O)c1ccc(F)cc1F. The van der Waals surface area contributed by atoms with E-state index in [4.69, 9.17) is 16.3 Å². The molecular weight excluding hydrogens is 366 g/mol. The van der Waals surface area contributed by atoms with E-state index < -0.39 is 17.5 Å². The number of hydrogen-bond acceptors (Lipinski definition) is 3. The number of rotatable bonds is 7. The maximum Gasteiger partial charge on any atom is 0.254 e. The second kappa shape index (κ2) is 9.15. The predicted octanol–water partition coefficient (Wildman–Crippen LogP) is 2.89. The summed E-state index contributed by atoms with van der Waals surface area (Å²) in [5.74, 6) is -2.36. The van der Waals surface area contributed by atoms with Crippen molar-refractivity contribution in [1.29, 1.82) is 0 Å². The molecule has 2 amide bonds. The van der Waals surface area contributed by atoms with Crippen LogP contribution in [0.25, 0.3) is 0 Å². The first-order valence-corrected chi connectivity index (χ1v) is 8.10. The minimum Gasteiger partial charge on any atom is -0.492 e. The molecule has 5 nitrogen and oxygen atoms in total. The number of nitrogens with zero attached hydrogens (tertiary/aromatic N) is 1. The minimum atomic E-state index is -0.988. The molecule has 0 radical (unpaired) electrons. The summed E-state index contributed by atoms with van der Waals surface area (Å²) in [5, 5.41) is 2.85. The average Bonchev–Trinajstić information content (AvgIpc) is 2.59. The molecule has 0 unspecified atom stereocenters. The molecule has 0 fully saturated rings. The fourth-order valence-corrected chi connectivity index (χ4v) is 2.22. The van der Waals surface area contributed by atoms with Gasteiger partial charge in [0.1, 0.15) is 24.0 Å². The Morgan fingerprint density at radius 2 is 1.96 bits per heavy atom. The van der Waals surface area contributed by atoms with Crippen molar-refractivity contribution in [1.82, 2.24) is 10.2 Å². The summed E-state index contributed by atoms with van der Waals surface area (Å²) in [5.41, 5.74) is -0.328. The number of carbonyl (C=O) groups excluding carboxylic acids is 2. The van der Waals surface area contributed by atoms with Gasteiger partial charge in [-0.05, 0) is 30.3 Å². The summed E-state index contributed by atoms with van der Waals surface area (Å²) >= 11 is 5.85. The van der Waals surface area contributed by atoms with Crippen LogP contribution in [0.4, 0.5) is 8.78 Å². The first kappa shape index (κ1) is 19.7. The molecule has 1 N–H and O–H groups in total. The maximum absolute atomic E-state index is 13.5. The second-order valence-electron chi connectivity index (χ2n) is 5.43. The summed E-state index contributed by atoms with van der Waals surface area (Å²) in [7, 11) is 1.55. The van der Waals surface area contributed by atoms with E-state index in [2.05, 4.69) is 5.32 Å². The van der Waals surface area contributed by atoms with E-state index in [-0.39, 0.29) is 31.2 Å². The molecule has 2 aromatic carbocycles. The molecule has 2 aromatic rings. The molecule has 0 bridgehead atoms. The number of nitrogens with one attached hydrogen (secondary N) is 1. The number of benzene rings is 2. The lowest BCUT2D eigenvalue weighted by Crippen LogP contribution is -2.40. The number of carbonyl (C=O) groups is 2. The summed E-state index contributed by atoms with van der Waals surface area (Å²) in [4.78, 5) is 25.2. The van der Waals surface area contributed by atoms with Crippen molar-refractivity contribution >= 4 is 23.4 Å². The number of amides is 2. The van der Waals surface area contributed by atoms with Crippen molar-refractivity contribution in [2.75, 3.05) is 26.7 Å². The number of likely N-dealkylation sites (N-methyl/N-ethyl adjacent to an activating group) is 1. The highest BCUT2D eigenvalue weighted by Gasteiger charge is 2.15. The summed E-state index contributed by atoms with van der Waals surface area (Å²) in [6, 6.07) is 9.46. The quantitative estimate of drug-likeness (QED) is 0.801.